The molecule has 1 atom stereocenters. The Morgan fingerprint density at radius 2 is 1.52 bits per heavy atom. The number of aliphatic hydroxyl groups is 1. The van der Waals surface area contributed by atoms with Crippen LogP contribution in [0.25, 0.3) is 5.76 Å². The lowest BCUT2D eigenvalue weighted by Gasteiger charge is -2.25. The first-order chi connectivity index (χ1) is 16.0. The average molecular weight is 442 g/mol. The topological polar surface area (TPSA) is 66.8 Å². The number of Topliss-reactive ketones (excluding diaryl/α,β-unsaturated/α-hetero) is 1. The molecule has 5 nitrogen and oxygen atoms in total. The molecule has 0 aliphatic carbocycles. The Kier molecular flexibility index (Phi) is 6.59. The van der Waals surface area contributed by atoms with E-state index in [1.807, 2.05) is 73.7 Å². The molecule has 0 bridgehead atoms. The number of aryl methyl sites for hydroxylation is 1. The van der Waals surface area contributed by atoms with Crippen LogP contribution in [0.2, 0.25) is 0 Å². The monoisotopic (exact) mass is 441 g/mol. The Hall–Kier alpha value is -3.86. The number of likely N-dealkylation sites (tertiary alicyclic amines) is 1. The van der Waals surface area contributed by atoms with Gasteiger partial charge in [-0.3, -0.25) is 9.59 Å². The quantitative estimate of drug-likeness (QED) is 0.308. The second-order valence-electron chi connectivity index (χ2n) is 7.97. The normalized spacial score (nSPS) is 17.4. The average Bonchev–Trinajstić information content (AvgIpc) is 3.10. The van der Waals surface area contributed by atoms with Gasteiger partial charge in [-0.2, -0.15) is 0 Å². The predicted molar refractivity (Wildman–Crippen MR) is 128 cm³/mol. The van der Waals surface area contributed by atoms with Crippen LogP contribution in [-0.4, -0.2) is 28.3 Å². The van der Waals surface area contributed by atoms with Crippen LogP contribution in [0.5, 0.6) is 5.75 Å². The number of nitrogens with zero attached hydrogens (tertiary/aromatic N) is 1. The molecule has 1 aliphatic rings. The summed E-state index contributed by atoms with van der Waals surface area (Å²) in [5.74, 6) is -0.700. The molecule has 4 rings (SSSR count). The number of aliphatic hydroxyl groups excluding tert-OH is 1. The second-order valence-corrected chi connectivity index (χ2v) is 7.97. The number of carbonyl (C=O) groups excluding carboxylic acids is 2. The number of rotatable bonds is 7. The summed E-state index contributed by atoms with van der Waals surface area (Å²) in [5, 5.41) is 11.1. The van der Waals surface area contributed by atoms with Crippen molar-refractivity contribution in [2.75, 3.05) is 6.61 Å². The van der Waals surface area contributed by atoms with Crippen molar-refractivity contribution in [1.29, 1.82) is 0 Å². The van der Waals surface area contributed by atoms with Gasteiger partial charge in [0.25, 0.3) is 11.7 Å². The third-order valence-corrected chi connectivity index (χ3v) is 5.88. The zero-order valence-electron chi connectivity index (χ0n) is 18.8. The Bertz CT molecular complexity index is 1160. The standard InChI is InChI=1S/C28H27NO4/c1-3-19-10-14-22(15-11-19)26(30)24-25(21-8-6-5-7-9-21)29(28(32)27(24)31)18-20-12-16-23(17-13-20)33-4-2/h5-17,25,30H,3-4,18H2,1-2H3/b26-24-. The van der Waals surface area contributed by atoms with Gasteiger partial charge < -0.3 is 14.7 Å². The molecule has 1 aliphatic heterocycles. The van der Waals surface area contributed by atoms with Crippen LogP contribution in [-0.2, 0) is 22.6 Å². The zero-order valence-corrected chi connectivity index (χ0v) is 18.8. The van der Waals surface area contributed by atoms with E-state index in [4.69, 9.17) is 4.74 Å². The maximum Gasteiger partial charge on any atom is 0.295 e. The highest BCUT2D eigenvalue weighted by molar-refractivity contribution is 6.46. The van der Waals surface area contributed by atoms with Gasteiger partial charge in [0.1, 0.15) is 11.5 Å². The van der Waals surface area contributed by atoms with E-state index >= 15 is 0 Å². The number of carbonyl (C=O) groups is 2. The van der Waals surface area contributed by atoms with Crippen LogP contribution < -0.4 is 4.74 Å². The number of ether oxygens (including phenoxy) is 1. The van der Waals surface area contributed by atoms with Gasteiger partial charge >= 0.3 is 0 Å². The second kappa shape index (κ2) is 9.74. The van der Waals surface area contributed by atoms with Crippen molar-refractivity contribution >= 4 is 17.4 Å². The van der Waals surface area contributed by atoms with Crippen LogP contribution in [0.4, 0.5) is 0 Å². The summed E-state index contributed by atoms with van der Waals surface area (Å²) in [4.78, 5) is 27.8. The van der Waals surface area contributed by atoms with Gasteiger partial charge in [-0.05, 0) is 42.2 Å². The van der Waals surface area contributed by atoms with E-state index in [0.29, 0.717) is 12.2 Å². The molecule has 0 spiro atoms. The maximum absolute atomic E-state index is 13.1. The van der Waals surface area contributed by atoms with E-state index < -0.39 is 17.7 Å². The number of amides is 1. The summed E-state index contributed by atoms with van der Waals surface area (Å²) in [6, 6.07) is 23.6. The van der Waals surface area contributed by atoms with Crippen LogP contribution in [0.1, 0.15) is 42.1 Å². The fraction of sp³-hybridized carbons (Fsp3) is 0.214. The molecule has 1 fully saturated rings. The van der Waals surface area contributed by atoms with Gasteiger partial charge in [-0.15, -0.1) is 0 Å². The predicted octanol–water partition coefficient (Wildman–Crippen LogP) is 5.27. The minimum absolute atomic E-state index is 0.112. The lowest BCUT2D eigenvalue weighted by Crippen LogP contribution is -2.29. The Morgan fingerprint density at radius 3 is 2.12 bits per heavy atom. The Morgan fingerprint density at radius 1 is 0.879 bits per heavy atom. The summed E-state index contributed by atoms with van der Waals surface area (Å²) in [7, 11) is 0. The molecular formula is C28H27NO4. The summed E-state index contributed by atoms with van der Waals surface area (Å²) in [6.45, 7) is 4.78. The first-order valence-electron chi connectivity index (χ1n) is 11.2. The largest absolute Gasteiger partial charge is 0.507 e. The first kappa shape index (κ1) is 22.3. The number of hydrogen-bond acceptors (Lipinski definition) is 4. The maximum atomic E-state index is 13.1. The minimum Gasteiger partial charge on any atom is -0.507 e. The third-order valence-electron chi connectivity index (χ3n) is 5.88. The SMILES string of the molecule is CCOc1ccc(CN2C(=O)C(=O)/C(=C(\O)c3ccc(CC)cc3)C2c2ccccc2)cc1. The molecule has 1 saturated heterocycles. The molecule has 3 aromatic rings. The third kappa shape index (κ3) is 4.53. The van der Waals surface area contributed by atoms with Crippen molar-refractivity contribution in [1.82, 2.24) is 4.90 Å². The Balaban J connectivity index is 1.76. The van der Waals surface area contributed by atoms with Crippen molar-refractivity contribution in [3.63, 3.8) is 0 Å². The van der Waals surface area contributed by atoms with E-state index in [2.05, 4.69) is 6.92 Å². The molecule has 1 unspecified atom stereocenters. The molecule has 1 amide bonds. The zero-order chi connectivity index (χ0) is 23.4. The minimum atomic E-state index is -0.677. The first-order valence-corrected chi connectivity index (χ1v) is 11.2. The molecule has 0 saturated carbocycles. The van der Waals surface area contributed by atoms with Crippen molar-refractivity contribution in [2.24, 2.45) is 0 Å². The van der Waals surface area contributed by atoms with Gasteiger partial charge in [0.2, 0.25) is 0 Å². The van der Waals surface area contributed by atoms with E-state index in [9.17, 15) is 14.7 Å². The summed E-state index contributed by atoms with van der Waals surface area (Å²) in [6.07, 6.45) is 0.873. The fourth-order valence-electron chi connectivity index (χ4n) is 4.13. The molecule has 0 radical (unpaired) electrons. The smallest absolute Gasteiger partial charge is 0.295 e. The molecule has 1 heterocycles. The molecule has 5 heteroatoms. The van der Waals surface area contributed by atoms with Crippen LogP contribution in [0.15, 0.2) is 84.4 Å². The molecule has 0 aromatic heterocycles. The van der Waals surface area contributed by atoms with Gasteiger partial charge in [0.05, 0.1) is 18.2 Å². The highest BCUT2D eigenvalue weighted by Crippen LogP contribution is 2.40. The summed E-state index contributed by atoms with van der Waals surface area (Å²) >= 11 is 0. The van der Waals surface area contributed by atoms with Crippen molar-refractivity contribution in [3.05, 3.63) is 107 Å². The lowest BCUT2D eigenvalue weighted by molar-refractivity contribution is -0.140. The highest BCUT2D eigenvalue weighted by Gasteiger charge is 2.46. The summed E-state index contributed by atoms with van der Waals surface area (Å²) in [5.41, 5.74) is 3.40. The fourth-order valence-corrected chi connectivity index (χ4v) is 4.13. The lowest BCUT2D eigenvalue weighted by atomic mass is 9.95. The van der Waals surface area contributed by atoms with E-state index in [-0.39, 0.29) is 17.9 Å². The van der Waals surface area contributed by atoms with E-state index in [0.717, 1.165) is 28.9 Å². The molecule has 33 heavy (non-hydrogen) atoms. The highest BCUT2D eigenvalue weighted by atomic mass is 16.5. The van der Waals surface area contributed by atoms with Gasteiger partial charge in [0.15, 0.2) is 0 Å². The van der Waals surface area contributed by atoms with Crippen LogP contribution in [0, 0.1) is 0 Å². The van der Waals surface area contributed by atoms with Crippen LogP contribution >= 0.6 is 0 Å². The molecule has 1 N–H and O–H groups in total. The number of benzene rings is 3. The number of ketones is 1. The number of hydrogen-bond donors (Lipinski definition) is 1. The van der Waals surface area contributed by atoms with Gasteiger partial charge in [-0.1, -0.05) is 73.7 Å². The van der Waals surface area contributed by atoms with Gasteiger partial charge in [0, 0.05) is 12.1 Å². The van der Waals surface area contributed by atoms with E-state index in [1.54, 1.807) is 12.1 Å². The Labute approximate surface area is 193 Å². The van der Waals surface area contributed by atoms with Crippen molar-refractivity contribution < 1.29 is 19.4 Å². The molecule has 3 aromatic carbocycles. The van der Waals surface area contributed by atoms with Crippen molar-refractivity contribution in [2.45, 2.75) is 32.9 Å². The summed E-state index contributed by atoms with van der Waals surface area (Å²) < 4.78 is 5.50. The van der Waals surface area contributed by atoms with E-state index in [1.165, 1.54) is 4.90 Å². The molecule has 168 valence electrons. The molecular weight excluding hydrogens is 414 g/mol. The van der Waals surface area contributed by atoms with Gasteiger partial charge in [-0.25, -0.2) is 0 Å². The van der Waals surface area contributed by atoms with Crippen LogP contribution in [0.3, 0.4) is 0 Å². The van der Waals surface area contributed by atoms with Crippen molar-refractivity contribution in [3.8, 4) is 5.75 Å².